The topological polar surface area (TPSA) is 38.7 Å². The highest BCUT2D eigenvalue weighted by atomic mass is 14.9. The van der Waals surface area contributed by atoms with Gasteiger partial charge in [-0.25, -0.2) is 15.0 Å². The summed E-state index contributed by atoms with van der Waals surface area (Å²) in [6.07, 6.45) is 3.27. The third-order valence-electron chi connectivity index (χ3n) is 4.34. The van der Waals surface area contributed by atoms with Crippen molar-refractivity contribution in [3.63, 3.8) is 0 Å². The lowest BCUT2D eigenvalue weighted by Gasteiger charge is -2.11. The van der Waals surface area contributed by atoms with Crippen LogP contribution in [0.1, 0.15) is 28.9 Å². The molecule has 3 heteroatoms. The van der Waals surface area contributed by atoms with Crippen LogP contribution in [0.2, 0.25) is 0 Å². The van der Waals surface area contributed by atoms with Crippen LogP contribution in [0.5, 0.6) is 0 Å². The van der Waals surface area contributed by atoms with Crippen molar-refractivity contribution in [2.24, 2.45) is 0 Å². The summed E-state index contributed by atoms with van der Waals surface area (Å²) in [5.74, 6) is 0.742. The Morgan fingerprint density at radius 1 is 0.870 bits per heavy atom. The number of nitrogens with zero attached hydrogens (tertiary/aromatic N) is 3. The molecule has 0 N–H and O–H groups in total. The van der Waals surface area contributed by atoms with Gasteiger partial charge in [0.2, 0.25) is 0 Å². The van der Waals surface area contributed by atoms with E-state index in [9.17, 15) is 0 Å². The van der Waals surface area contributed by atoms with Gasteiger partial charge >= 0.3 is 0 Å². The van der Waals surface area contributed by atoms with Crippen LogP contribution in [0.15, 0.2) is 42.5 Å². The molecule has 0 atom stereocenters. The molecular weight excluding hydrogens is 282 g/mol. The average Bonchev–Trinajstić information content (AvgIpc) is 3.02. The molecule has 4 rings (SSSR count). The molecule has 0 amide bonds. The number of aromatic nitrogens is 3. The van der Waals surface area contributed by atoms with Crippen molar-refractivity contribution in [2.45, 2.75) is 33.1 Å². The van der Waals surface area contributed by atoms with Crippen LogP contribution >= 0.6 is 0 Å². The smallest absolute Gasteiger partial charge is 0.178 e. The molecule has 23 heavy (non-hydrogen) atoms. The SMILES string of the molecule is Cc1cccc(-c2nc(-c3cccc(C)n3)nc3c2CCC3)c1. The molecule has 0 saturated carbocycles. The predicted molar refractivity (Wildman–Crippen MR) is 92.2 cm³/mol. The Bertz CT molecular complexity index is 884. The van der Waals surface area contributed by atoms with E-state index in [1.165, 1.54) is 22.4 Å². The van der Waals surface area contributed by atoms with Gasteiger partial charge in [0.25, 0.3) is 0 Å². The van der Waals surface area contributed by atoms with E-state index in [1.807, 2.05) is 25.1 Å². The van der Waals surface area contributed by atoms with Crippen LogP contribution in [-0.2, 0) is 12.8 Å². The van der Waals surface area contributed by atoms with Crippen LogP contribution < -0.4 is 0 Å². The highest BCUT2D eigenvalue weighted by molar-refractivity contribution is 5.68. The summed E-state index contributed by atoms with van der Waals surface area (Å²) in [4.78, 5) is 14.3. The van der Waals surface area contributed by atoms with Crippen molar-refractivity contribution >= 4 is 0 Å². The minimum Gasteiger partial charge on any atom is -0.250 e. The second-order valence-electron chi connectivity index (χ2n) is 6.21. The van der Waals surface area contributed by atoms with Gasteiger partial charge in [-0.2, -0.15) is 0 Å². The number of rotatable bonds is 2. The molecular formula is C20H19N3. The van der Waals surface area contributed by atoms with E-state index in [2.05, 4.69) is 36.2 Å². The largest absolute Gasteiger partial charge is 0.250 e. The van der Waals surface area contributed by atoms with Gasteiger partial charge in [0, 0.05) is 22.5 Å². The van der Waals surface area contributed by atoms with Crippen LogP contribution in [0.4, 0.5) is 0 Å². The maximum atomic E-state index is 4.89. The molecule has 1 aromatic carbocycles. The molecule has 3 aromatic rings. The maximum absolute atomic E-state index is 4.89. The van der Waals surface area contributed by atoms with E-state index in [1.54, 1.807) is 0 Å². The number of hydrogen-bond acceptors (Lipinski definition) is 3. The zero-order valence-corrected chi connectivity index (χ0v) is 13.5. The Balaban J connectivity index is 1.92. The first-order valence-electron chi connectivity index (χ1n) is 8.11. The summed E-state index contributed by atoms with van der Waals surface area (Å²) in [5.41, 5.74) is 7.86. The normalized spacial score (nSPS) is 13.1. The summed E-state index contributed by atoms with van der Waals surface area (Å²) in [6.45, 7) is 4.12. The Kier molecular flexibility index (Phi) is 3.41. The fourth-order valence-corrected chi connectivity index (χ4v) is 3.25. The highest BCUT2D eigenvalue weighted by Crippen LogP contribution is 2.32. The van der Waals surface area contributed by atoms with Crippen molar-refractivity contribution in [2.75, 3.05) is 0 Å². The summed E-state index contributed by atoms with van der Waals surface area (Å²) in [6, 6.07) is 14.6. The first kappa shape index (κ1) is 14.1. The van der Waals surface area contributed by atoms with Crippen molar-refractivity contribution in [3.8, 4) is 22.8 Å². The fraction of sp³-hybridized carbons (Fsp3) is 0.250. The van der Waals surface area contributed by atoms with Crippen molar-refractivity contribution in [3.05, 3.63) is 65.0 Å². The van der Waals surface area contributed by atoms with Crippen LogP contribution in [0, 0.1) is 13.8 Å². The van der Waals surface area contributed by atoms with Gasteiger partial charge in [0.15, 0.2) is 5.82 Å². The van der Waals surface area contributed by atoms with Crippen molar-refractivity contribution in [1.29, 1.82) is 0 Å². The third kappa shape index (κ3) is 2.63. The Labute approximate surface area is 136 Å². The molecule has 0 saturated heterocycles. The quantitative estimate of drug-likeness (QED) is 0.708. The maximum Gasteiger partial charge on any atom is 0.178 e. The molecule has 0 bridgehead atoms. The minimum atomic E-state index is 0.742. The Morgan fingerprint density at radius 2 is 1.74 bits per heavy atom. The minimum absolute atomic E-state index is 0.742. The number of fused-ring (bicyclic) bond motifs is 1. The molecule has 0 unspecified atom stereocenters. The first-order chi connectivity index (χ1) is 11.2. The lowest BCUT2D eigenvalue weighted by molar-refractivity contribution is 0.899. The van der Waals surface area contributed by atoms with Crippen molar-refractivity contribution in [1.82, 2.24) is 15.0 Å². The monoisotopic (exact) mass is 301 g/mol. The Morgan fingerprint density at radius 3 is 2.57 bits per heavy atom. The molecule has 0 aliphatic heterocycles. The predicted octanol–water partition coefficient (Wildman–Crippen LogP) is 4.31. The number of aryl methyl sites for hydroxylation is 3. The van der Waals surface area contributed by atoms with Gasteiger partial charge in [0.1, 0.15) is 5.69 Å². The van der Waals surface area contributed by atoms with E-state index in [0.29, 0.717) is 0 Å². The highest BCUT2D eigenvalue weighted by Gasteiger charge is 2.21. The molecule has 0 radical (unpaired) electrons. The van der Waals surface area contributed by atoms with E-state index in [0.717, 1.165) is 42.2 Å². The molecule has 3 nitrogen and oxygen atoms in total. The molecule has 2 aromatic heterocycles. The number of pyridine rings is 1. The van der Waals surface area contributed by atoms with E-state index < -0.39 is 0 Å². The van der Waals surface area contributed by atoms with Gasteiger partial charge in [-0.05, 0) is 51.3 Å². The molecule has 114 valence electrons. The lowest BCUT2D eigenvalue weighted by Crippen LogP contribution is -2.02. The molecule has 0 fully saturated rings. The molecule has 2 heterocycles. The number of hydrogen-bond donors (Lipinski definition) is 0. The second-order valence-corrected chi connectivity index (χ2v) is 6.21. The average molecular weight is 301 g/mol. The third-order valence-corrected chi connectivity index (χ3v) is 4.34. The fourth-order valence-electron chi connectivity index (χ4n) is 3.25. The van der Waals surface area contributed by atoms with Crippen LogP contribution in [0.25, 0.3) is 22.8 Å². The lowest BCUT2D eigenvalue weighted by atomic mass is 10.0. The van der Waals surface area contributed by atoms with Crippen molar-refractivity contribution < 1.29 is 0 Å². The van der Waals surface area contributed by atoms with Gasteiger partial charge in [-0.3, -0.25) is 0 Å². The van der Waals surface area contributed by atoms with Gasteiger partial charge < -0.3 is 0 Å². The summed E-state index contributed by atoms with van der Waals surface area (Å²) in [7, 11) is 0. The Hall–Kier alpha value is -2.55. The standard InChI is InChI=1S/C20H19N3/c1-13-6-3-8-15(12-13)19-16-9-5-10-17(16)22-20(23-19)18-11-4-7-14(2)21-18/h3-4,6-8,11-12H,5,9-10H2,1-2H3. The zero-order valence-electron chi connectivity index (χ0n) is 13.5. The van der Waals surface area contributed by atoms with Gasteiger partial charge in [-0.1, -0.05) is 29.8 Å². The number of benzene rings is 1. The molecule has 0 spiro atoms. The molecule has 1 aliphatic carbocycles. The van der Waals surface area contributed by atoms with E-state index in [4.69, 9.17) is 9.97 Å². The summed E-state index contributed by atoms with van der Waals surface area (Å²) < 4.78 is 0. The summed E-state index contributed by atoms with van der Waals surface area (Å²) in [5, 5.41) is 0. The van der Waals surface area contributed by atoms with Crippen LogP contribution in [0.3, 0.4) is 0 Å². The zero-order chi connectivity index (χ0) is 15.8. The van der Waals surface area contributed by atoms with E-state index in [-0.39, 0.29) is 0 Å². The molecule has 1 aliphatic rings. The van der Waals surface area contributed by atoms with E-state index >= 15 is 0 Å². The summed E-state index contributed by atoms with van der Waals surface area (Å²) >= 11 is 0. The van der Waals surface area contributed by atoms with Crippen LogP contribution in [-0.4, -0.2) is 15.0 Å². The van der Waals surface area contributed by atoms with Gasteiger partial charge in [0.05, 0.1) is 5.69 Å². The van der Waals surface area contributed by atoms with Gasteiger partial charge in [-0.15, -0.1) is 0 Å². The first-order valence-corrected chi connectivity index (χ1v) is 8.11. The second kappa shape index (κ2) is 5.58.